The second kappa shape index (κ2) is 11.6. The third-order valence-corrected chi connectivity index (χ3v) is 12.6. The molecule has 4 heterocycles. The molecule has 2 aromatic rings. The summed E-state index contributed by atoms with van der Waals surface area (Å²) in [5.41, 5.74) is 0.104. The van der Waals surface area contributed by atoms with Crippen molar-refractivity contribution < 1.29 is 33.9 Å². The van der Waals surface area contributed by atoms with Gasteiger partial charge in [0.25, 0.3) is 11.6 Å². The van der Waals surface area contributed by atoms with Crippen LogP contribution in [0.5, 0.6) is 0 Å². The average Bonchev–Trinajstić information content (AvgIpc) is 3.76. The molecule has 6 rings (SSSR count). The minimum atomic E-state index is -3.06. The van der Waals surface area contributed by atoms with Crippen molar-refractivity contribution in [1.82, 2.24) is 4.90 Å². The zero-order valence-corrected chi connectivity index (χ0v) is 26.8. The molecule has 240 valence electrons. The molecule has 0 aromatic heterocycles. The number of carbonyl (C=O) groups excluding carboxylic acids is 3. The fraction of sp³-hybridized carbons (Fsp3) is 0.531. The number of aliphatic hydroxyl groups is 1. The highest BCUT2D eigenvalue weighted by Crippen LogP contribution is 2.60. The predicted molar refractivity (Wildman–Crippen MR) is 168 cm³/mol. The van der Waals surface area contributed by atoms with E-state index in [2.05, 4.69) is 0 Å². The Morgan fingerprint density at radius 3 is 2.49 bits per heavy atom. The molecule has 3 saturated heterocycles. The van der Waals surface area contributed by atoms with E-state index in [0.29, 0.717) is 37.2 Å². The number of likely N-dealkylation sites (tertiary alicyclic amines) is 1. The number of fused-ring (bicyclic) bond motifs is 2. The van der Waals surface area contributed by atoms with Gasteiger partial charge in [-0.1, -0.05) is 19.1 Å². The number of benzene rings is 2. The van der Waals surface area contributed by atoms with E-state index < -0.39 is 42.3 Å². The number of nitro groups is 1. The van der Waals surface area contributed by atoms with E-state index in [1.165, 1.54) is 12.1 Å². The SMILES string of the molecule is C[C@H]1[C@H]([Si](C)(C)O)[C@@H](CC(=O)N2CCC[C@H]2CO)O[C@]12C(=O)N(Cc1ccc(N3CCCC3=O)cc1)c1ccc([N+](=O)[O-])cc12. The van der Waals surface area contributed by atoms with Gasteiger partial charge in [0.05, 0.1) is 42.3 Å². The van der Waals surface area contributed by atoms with Gasteiger partial charge in [-0.2, -0.15) is 0 Å². The molecule has 2 aromatic carbocycles. The molecule has 3 fully saturated rings. The second-order valence-electron chi connectivity index (χ2n) is 13.3. The number of carbonyl (C=O) groups is 3. The van der Waals surface area contributed by atoms with Crippen LogP contribution < -0.4 is 9.80 Å². The number of ether oxygens (including phenoxy) is 1. The summed E-state index contributed by atoms with van der Waals surface area (Å²) < 4.78 is 6.71. The Morgan fingerprint density at radius 1 is 1.13 bits per heavy atom. The van der Waals surface area contributed by atoms with Gasteiger partial charge in [0.1, 0.15) is 0 Å². The van der Waals surface area contributed by atoms with E-state index in [-0.39, 0.29) is 43.1 Å². The van der Waals surface area contributed by atoms with Crippen LogP contribution in [-0.4, -0.2) is 77.6 Å². The maximum absolute atomic E-state index is 14.6. The molecule has 3 amide bonds. The van der Waals surface area contributed by atoms with Crippen molar-refractivity contribution in [2.75, 3.05) is 29.5 Å². The highest BCUT2D eigenvalue weighted by molar-refractivity contribution is 6.71. The quantitative estimate of drug-likeness (QED) is 0.254. The van der Waals surface area contributed by atoms with Crippen molar-refractivity contribution >= 4 is 43.1 Å². The van der Waals surface area contributed by atoms with Crippen molar-refractivity contribution in [3.05, 3.63) is 63.7 Å². The van der Waals surface area contributed by atoms with Crippen LogP contribution in [-0.2, 0) is 31.3 Å². The second-order valence-corrected chi connectivity index (χ2v) is 17.3. The first-order chi connectivity index (χ1) is 21.4. The van der Waals surface area contributed by atoms with Crippen molar-refractivity contribution in [3.63, 3.8) is 0 Å². The van der Waals surface area contributed by atoms with Crippen molar-refractivity contribution in [3.8, 4) is 0 Å². The maximum atomic E-state index is 14.6. The lowest BCUT2D eigenvalue weighted by atomic mass is 9.82. The summed E-state index contributed by atoms with van der Waals surface area (Å²) >= 11 is 0. The summed E-state index contributed by atoms with van der Waals surface area (Å²) in [6.07, 6.45) is 1.96. The summed E-state index contributed by atoms with van der Waals surface area (Å²) in [5.74, 6) is -1.10. The molecule has 0 aliphatic carbocycles. The van der Waals surface area contributed by atoms with E-state index in [0.717, 1.165) is 24.1 Å². The molecule has 0 bridgehead atoms. The summed E-state index contributed by atoms with van der Waals surface area (Å²) in [4.78, 5) is 68.3. The number of rotatable bonds is 8. The number of anilines is 2. The van der Waals surface area contributed by atoms with Crippen LogP contribution >= 0.6 is 0 Å². The molecule has 4 aliphatic rings. The maximum Gasteiger partial charge on any atom is 0.269 e. The number of hydrogen-bond acceptors (Lipinski definition) is 8. The molecule has 5 atom stereocenters. The standard InChI is InChI=1S/C32H40N4O8Si/c1-20-30(45(2,3)43)27(17-29(39)34-14-4-6-24(34)19-37)44-32(20)25-16-23(36(41)42)12-13-26(25)35(31(32)40)18-21-8-10-22(11-9-21)33-15-5-7-28(33)38/h8-13,16,20,24,27,30,37,43H,4-7,14-15,17-19H2,1-3H3/t20-,24-,27+,30-,32+/m0/s1. The fourth-order valence-electron chi connectivity index (χ4n) is 8.06. The lowest BCUT2D eigenvalue weighted by Crippen LogP contribution is -2.46. The highest BCUT2D eigenvalue weighted by atomic mass is 28.4. The van der Waals surface area contributed by atoms with E-state index >= 15 is 0 Å². The summed E-state index contributed by atoms with van der Waals surface area (Å²) in [6, 6.07) is 11.5. The van der Waals surface area contributed by atoms with E-state index in [1.807, 2.05) is 31.2 Å². The van der Waals surface area contributed by atoms with Crippen LogP contribution in [0.2, 0.25) is 18.6 Å². The van der Waals surface area contributed by atoms with E-state index in [1.54, 1.807) is 33.9 Å². The molecule has 0 unspecified atom stereocenters. The fourth-order valence-corrected chi connectivity index (χ4v) is 10.6. The summed E-state index contributed by atoms with van der Waals surface area (Å²) in [6.45, 7) is 6.57. The molecule has 1 spiro atoms. The van der Waals surface area contributed by atoms with Gasteiger partial charge in [-0.25, -0.2) is 0 Å². The van der Waals surface area contributed by atoms with Gasteiger partial charge in [-0.05, 0) is 56.1 Å². The van der Waals surface area contributed by atoms with Crippen molar-refractivity contribution in [1.29, 1.82) is 0 Å². The van der Waals surface area contributed by atoms with Crippen LogP contribution in [0.25, 0.3) is 0 Å². The highest BCUT2D eigenvalue weighted by Gasteiger charge is 2.66. The molecular weight excluding hydrogens is 596 g/mol. The largest absolute Gasteiger partial charge is 0.432 e. The number of amides is 3. The van der Waals surface area contributed by atoms with Gasteiger partial charge >= 0.3 is 0 Å². The Labute approximate surface area is 262 Å². The predicted octanol–water partition coefficient (Wildman–Crippen LogP) is 3.44. The van der Waals surface area contributed by atoms with Gasteiger partial charge in [0.2, 0.25) is 11.8 Å². The van der Waals surface area contributed by atoms with Crippen molar-refractivity contribution in [2.45, 2.75) is 82.0 Å². The van der Waals surface area contributed by atoms with Gasteiger partial charge in [0, 0.05) is 54.4 Å². The Kier molecular flexibility index (Phi) is 8.08. The van der Waals surface area contributed by atoms with Gasteiger partial charge in [-0.3, -0.25) is 24.5 Å². The molecule has 13 heteroatoms. The number of hydrogen-bond donors (Lipinski definition) is 2. The lowest BCUT2D eigenvalue weighted by Gasteiger charge is -2.32. The van der Waals surface area contributed by atoms with Gasteiger partial charge in [-0.15, -0.1) is 0 Å². The number of nitrogens with zero attached hydrogens (tertiary/aromatic N) is 4. The van der Waals surface area contributed by atoms with Crippen LogP contribution in [0.4, 0.5) is 17.1 Å². The Morgan fingerprint density at radius 2 is 1.87 bits per heavy atom. The van der Waals surface area contributed by atoms with Crippen LogP contribution in [0, 0.1) is 16.0 Å². The van der Waals surface area contributed by atoms with Gasteiger partial charge in [0.15, 0.2) is 13.9 Å². The number of non-ortho nitro benzene ring substituents is 1. The zero-order valence-electron chi connectivity index (χ0n) is 25.8. The van der Waals surface area contributed by atoms with E-state index in [4.69, 9.17) is 4.74 Å². The van der Waals surface area contributed by atoms with Crippen LogP contribution in [0.15, 0.2) is 42.5 Å². The topological polar surface area (TPSA) is 154 Å². The smallest absolute Gasteiger partial charge is 0.269 e. The first-order valence-corrected chi connectivity index (χ1v) is 18.7. The summed E-state index contributed by atoms with van der Waals surface area (Å²) in [5, 5.41) is 21.7. The lowest BCUT2D eigenvalue weighted by molar-refractivity contribution is -0.385. The third-order valence-electron chi connectivity index (χ3n) is 10.1. The molecule has 0 radical (unpaired) electrons. The Balaban J connectivity index is 1.36. The third kappa shape index (κ3) is 5.25. The number of nitro benzene ring substituents is 1. The van der Waals surface area contributed by atoms with Crippen molar-refractivity contribution in [2.24, 2.45) is 5.92 Å². The first kappa shape index (κ1) is 31.3. The Bertz CT molecular complexity index is 1530. The molecule has 2 N–H and O–H groups in total. The molecule has 12 nitrogen and oxygen atoms in total. The average molecular weight is 637 g/mol. The molecule has 45 heavy (non-hydrogen) atoms. The summed E-state index contributed by atoms with van der Waals surface area (Å²) in [7, 11) is -3.06. The minimum absolute atomic E-state index is 0.0710. The number of aliphatic hydroxyl groups excluding tert-OH is 1. The minimum Gasteiger partial charge on any atom is -0.432 e. The monoisotopic (exact) mass is 636 g/mol. The molecule has 4 aliphatic heterocycles. The van der Waals surface area contributed by atoms with Crippen LogP contribution in [0.3, 0.4) is 0 Å². The molecule has 0 saturated carbocycles. The normalized spacial score (nSPS) is 28.1. The van der Waals surface area contributed by atoms with E-state index in [9.17, 15) is 34.4 Å². The van der Waals surface area contributed by atoms with Gasteiger partial charge < -0.3 is 29.3 Å². The zero-order chi connectivity index (χ0) is 32.3. The Hall–Kier alpha value is -3.65. The van der Waals surface area contributed by atoms with Crippen LogP contribution in [0.1, 0.15) is 50.2 Å². The molecular formula is C32H40N4O8Si. The first-order valence-electron chi connectivity index (χ1n) is 15.7.